The average Bonchev–Trinajstić information content (AvgIpc) is 2.93. The topological polar surface area (TPSA) is 97.3 Å². The summed E-state index contributed by atoms with van der Waals surface area (Å²) in [5, 5.41) is 13.1. The van der Waals surface area contributed by atoms with E-state index in [4.69, 9.17) is 14.2 Å². The van der Waals surface area contributed by atoms with Gasteiger partial charge in [-0.15, -0.1) is 0 Å². The van der Waals surface area contributed by atoms with Crippen molar-refractivity contribution in [2.75, 3.05) is 31.2 Å². The highest BCUT2D eigenvalue weighted by molar-refractivity contribution is 5.81. The monoisotopic (exact) mass is 490 g/mol. The Morgan fingerprint density at radius 2 is 1.47 bits per heavy atom. The number of phenols is 1. The Hall–Kier alpha value is -4.04. The summed E-state index contributed by atoms with van der Waals surface area (Å²) in [6.45, 7) is 2.64. The fourth-order valence-electron chi connectivity index (χ4n) is 3.92. The summed E-state index contributed by atoms with van der Waals surface area (Å²) in [4.78, 5) is 27.6. The van der Waals surface area contributed by atoms with Crippen LogP contribution in [0.1, 0.15) is 16.7 Å². The van der Waals surface area contributed by atoms with Crippen molar-refractivity contribution in [1.29, 1.82) is 0 Å². The molecule has 3 aromatic carbocycles. The molecule has 0 aromatic heterocycles. The predicted molar refractivity (Wildman–Crippen MR) is 135 cm³/mol. The molecule has 1 fully saturated rings. The number of carbonyl (C=O) groups excluding carboxylic acids is 2. The molecule has 1 saturated heterocycles. The van der Waals surface area contributed by atoms with Gasteiger partial charge >= 0.3 is 12.1 Å². The lowest BCUT2D eigenvalue weighted by atomic mass is 10.0. The molecule has 1 heterocycles. The third-order valence-corrected chi connectivity index (χ3v) is 5.84. The second kappa shape index (κ2) is 12.6. The van der Waals surface area contributed by atoms with Crippen LogP contribution in [0.25, 0.3) is 0 Å². The van der Waals surface area contributed by atoms with E-state index < -0.39 is 18.1 Å². The number of phenolic OH excluding ortho intramolecular Hbond substituents is 1. The van der Waals surface area contributed by atoms with Gasteiger partial charge in [-0.25, -0.2) is 9.59 Å². The maximum Gasteiger partial charge on any atom is 0.408 e. The highest BCUT2D eigenvalue weighted by atomic mass is 16.6. The molecule has 1 atom stereocenters. The van der Waals surface area contributed by atoms with Crippen molar-refractivity contribution in [3.05, 3.63) is 95.6 Å². The summed E-state index contributed by atoms with van der Waals surface area (Å²) >= 11 is 0. The molecule has 4 rings (SSSR count). The number of morpholine rings is 1. The van der Waals surface area contributed by atoms with Gasteiger partial charge < -0.3 is 29.5 Å². The molecule has 0 bridgehead atoms. The third-order valence-electron chi connectivity index (χ3n) is 5.84. The molecular formula is C28H30N2O6. The molecule has 0 unspecified atom stereocenters. The van der Waals surface area contributed by atoms with Gasteiger partial charge in [0.1, 0.15) is 25.0 Å². The number of benzene rings is 3. The number of ether oxygens (including phenoxy) is 3. The minimum absolute atomic E-state index is 0.0822. The van der Waals surface area contributed by atoms with Crippen LogP contribution in [0.4, 0.5) is 10.5 Å². The first-order chi connectivity index (χ1) is 17.6. The highest BCUT2D eigenvalue weighted by Gasteiger charge is 2.25. The van der Waals surface area contributed by atoms with Crippen LogP contribution < -0.4 is 10.2 Å². The molecule has 0 saturated carbocycles. The summed E-state index contributed by atoms with van der Waals surface area (Å²) in [5.41, 5.74) is 3.11. The summed E-state index contributed by atoms with van der Waals surface area (Å²) < 4.78 is 16.2. The number of nitrogens with zero attached hydrogens (tertiary/aromatic N) is 1. The quantitative estimate of drug-likeness (QED) is 0.440. The first-order valence-corrected chi connectivity index (χ1v) is 11.9. The van der Waals surface area contributed by atoms with Gasteiger partial charge in [0.15, 0.2) is 0 Å². The number of anilines is 1. The highest BCUT2D eigenvalue weighted by Crippen LogP contribution is 2.29. The van der Waals surface area contributed by atoms with E-state index in [1.54, 1.807) is 12.1 Å². The van der Waals surface area contributed by atoms with Gasteiger partial charge in [0.25, 0.3) is 0 Å². The van der Waals surface area contributed by atoms with E-state index in [1.807, 2.05) is 71.6 Å². The molecule has 1 aliphatic rings. The Morgan fingerprint density at radius 3 is 2.11 bits per heavy atom. The van der Waals surface area contributed by atoms with Crippen molar-refractivity contribution in [2.24, 2.45) is 0 Å². The fraction of sp³-hybridized carbons (Fsp3) is 0.286. The lowest BCUT2D eigenvalue weighted by Crippen LogP contribution is -2.43. The molecule has 0 aliphatic carbocycles. The van der Waals surface area contributed by atoms with Crippen molar-refractivity contribution in [3.8, 4) is 5.75 Å². The van der Waals surface area contributed by atoms with E-state index >= 15 is 0 Å². The Morgan fingerprint density at radius 1 is 0.861 bits per heavy atom. The van der Waals surface area contributed by atoms with E-state index in [0.717, 1.165) is 16.7 Å². The lowest BCUT2D eigenvalue weighted by Gasteiger charge is -2.30. The molecule has 188 valence electrons. The smallest absolute Gasteiger partial charge is 0.408 e. The largest absolute Gasteiger partial charge is 0.506 e. The number of carbonyl (C=O) groups is 2. The van der Waals surface area contributed by atoms with Crippen molar-refractivity contribution >= 4 is 17.7 Å². The van der Waals surface area contributed by atoms with Crippen LogP contribution in [-0.4, -0.2) is 49.5 Å². The number of aromatic hydroxyl groups is 1. The predicted octanol–water partition coefficient (Wildman–Crippen LogP) is 3.81. The zero-order valence-corrected chi connectivity index (χ0v) is 20.0. The normalized spacial score (nSPS) is 14.1. The Kier molecular flexibility index (Phi) is 8.77. The average molecular weight is 491 g/mol. The fourth-order valence-corrected chi connectivity index (χ4v) is 3.92. The van der Waals surface area contributed by atoms with Crippen LogP contribution in [0.3, 0.4) is 0 Å². The van der Waals surface area contributed by atoms with Crippen LogP contribution in [0.5, 0.6) is 5.75 Å². The van der Waals surface area contributed by atoms with Gasteiger partial charge in [0.05, 0.1) is 18.9 Å². The molecular weight excluding hydrogens is 460 g/mol. The molecule has 0 radical (unpaired) electrons. The van der Waals surface area contributed by atoms with Crippen molar-refractivity contribution in [1.82, 2.24) is 5.32 Å². The maximum atomic E-state index is 13.0. The van der Waals surface area contributed by atoms with Gasteiger partial charge in [-0.05, 0) is 28.8 Å². The van der Waals surface area contributed by atoms with E-state index in [0.29, 0.717) is 32.0 Å². The standard InChI is InChI=1S/C28H30N2O6/c31-26-12-11-23(18-25(26)30-13-15-34-16-14-30)17-24(27(32)35-19-21-7-3-1-4-8-21)29-28(33)36-20-22-9-5-2-6-10-22/h1-12,18,24,31H,13-17,19-20H2,(H,29,33)/t24-/m0/s1. The van der Waals surface area contributed by atoms with Gasteiger partial charge in [0, 0.05) is 19.5 Å². The zero-order chi connectivity index (χ0) is 25.2. The molecule has 8 heteroatoms. The molecule has 36 heavy (non-hydrogen) atoms. The second-order valence-corrected chi connectivity index (χ2v) is 8.48. The third kappa shape index (κ3) is 7.23. The molecule has 3 aromatic rings. The molecule has 1 amide bonds. The molecule has 0 spiro atoms. The number of esters is 1. The molecule has 2 N–H and O–H groups in total. The van der Waals surface area contributed by atoms with E-state index in [2.05, 4.69) is 5.32 Å². The van der Waals surface area contributed by atoms with E-state index in [1.165, 1.54) is 0 Å². The van der Waals surface area contributed by atoms with Crippen molar-refractivity contribution < 1.29 is 28.9 Å². The number of hydrogen-bond acceptors (Lipinski definition) is 7. The van der Waals surface area contributed by atoms with Gasteiger partial charge in [0.2, 0.25) is 0 Å². The number of rotatable bonds is 9. The van der Waals surface area contributed by atoms with E-state index in [-0.39, 0.29) is 25.4 Å². The number of amides is 1. The van der Waals surface area contributed by atoms with Gasteiger partial charge in [-0.2, -0.15) is 0 Å². The van der Waals surface area contributed by atoms with E-state index in [9.17, 15) is 14.7 Å². The summed E-state index contributed by atoms with van der Waals surface area (Å²) in [6.07, 6.45) is -0.543. The maximum absolute atomic E-state index is 13.0. The van der Waals surface area contributed by atoms with Crippen molar-refractivity contribution in [3.63, 3.8) is 0 Å². The molecule has 8 nitrogen and oxygen atoms in total. The minimum atomic E-state index is -0.973. The van der Waals surface area contributed by atoms with Gasteiger partial charge in [-0.3, -0.25) is 0 Å². The Labute approximate surface area is 210 Å². The minimum Gasteiger partial charge on any atom is -0.506 e. The summed E-state index contributed by atoms with van der Waals surface area (Å²) in [5.74, 6) is -0.421. The summed E-state index contributed by atoms with van der Waals surface area (Å²) in [6, 6.07) is 22.8. The Bertz CT molecular complexity index is 1130. The second-order valence-electron chi connectivity index (χ2n) is 8.48. The van der Waals surface area contributed by atoms with Crippen LogP contribution in [0.2, 0.25) is 0 Å². The number of nitrogens with one attached hydrogen (secondary N) is 1. The van der Waals surface area contributed by atoms with Gasteiger partial charge in [-0.1, -0.05) is 66.7 Å². The van der Waals surface area contributed by atoms with Crippen molar-refractivity contribution in [2.45, 2.75) is 25.7 Å². The number of alkyl carbamates (subject to hydrolysis) is 1. The first-order valence-electron chi connectivity index (χ1n) is 11.9. The Balaban J connectivity index is 1.45. The SMILES string of the molecule is O=C(N[C@@H](Cc1ccc(O)c(N2CCOCC2)c1)C(=O)OCc1ccccc1)OCc1ccccc1. The van der Waals surface area contributed by atoms with Crippen LogP contribution in [-0.2, 0) is 38.6 Å². The zero-order valence-electron chi connectivity index (χ0n) is 20.0. The van der Waals surface area contributed by atoms with Crippen LogP contribution >= 0.6 is 0 Å². The van der Waals surface area contributed by atoms with Crippen LogP contribution in [0, 0.1) is 0 Å². The lowest BCUT2D eigenvalue weighted by molar-refractivity contribution is -0.147. The number of hydrogen-bond donors (Lipinski definition) is 2. The summed E-state index contributed by atoms with van der Waals surface area (Å²) in [7, 11) is 0. The molecule has 1 aliphatic heterocycles. The van der Waals surface area contributed by atoms with Crippen LogP contribution in [0.15, 0.2) is 78.9 Å². The first kappa shape index (κ1) is 25.1.